The number of nitrogens with zero attached hydrogens (tertiary/aromatic N) is 3. The normalized spacial score (nSPS) is 27.1. The molecule has 4 unspecified atom stereocenters. The quantitative estimate of drug-likeness (QED) is 0.0389. The third-order valence-electron chi connectivity index (χ3n) is 17.3. The molecule has 0 spiro atoms. The summed E-state index contributed by atoms with van der Waals surface area (Å²) in [5, 5.41) is 19.0. The minimum Gasteiger partial charge on any atom is -0.446 e. The van der Waals surface area contributed by atoms with Crippen molar-refractivity contribution in [1.82, 2.24) is 36.0 Å². The molecule has 1 aromatic rings. The third kappa shape index (κ3) is 14.9. The molecule has 8 amide bonds. The van der Waals surface area contributed by atoms with Crippen molar-refractivity contribution in [3.05, 3.63) is 59.1 Å². The smallest absolute Gasteiger partial charge is 0.408 e. The summed E-state index contributed by atoms with van der Waals surface area (Å²) >= 11 is 3.35. The summed E-state index contributed by atoms with van der Waals surface area (Å²) in [5.41, 5.74) is -1.08. The van der Waals surface area contributed by atoms with Gasteiger partial charge in [-0.1, -0.05) is 69.6 Å². The van der Waals surface area contributed by atoms with Gasteiger partial charge in [0.2, 0.25) is 23.6 Å². The molecule has 4 aliphatic carbocycles. The van der Waals surface area contributed by atoms with Crippen LogP contribution in [0.1, 0.15) is 167 Å². The standard InChI is InChI=1S/C34H46BrN4O9P.C26H44N3O8P/c1-7-20-18-34(20,49(45,46-8-2)47-9-3)37-28(40)26-17-22(39-29(41)24-15-14-21(35)16-25(24)30(39)42)19-38(26)31(43)27(33(4,5)6)36-32(44)48-23-12-10-11-13-23;1-7-17-15-26(17,38(34,35-8-2)36-9-3)28-22(31)20-14-18(30)16-29(20)23(32)21(25(4,5)6)27-24(33)37-19-12-10-11-13-19/h7,14-16,20,22-23,26-27H,1,8-13,17-19H2,2-6H3,(H,36,44)(H,37,40);7,17-21,30H,1,8-16H2,2-6H3,(H,27,33)(H,28,31)/t20?,22-,26+,27-,34?;17?,18-,20-,21+,26?/m10/s1. The number of carbonyl (C=O) groups is 8. The van der Waals surface area contributed by atoms with Gasteiger partial charge in [0.1, 0.15) is 46.9 Å². The molecule has 6 fully saturated rings. The van der Waals surface area contributed by atoms with Crippen LogP contribution in [-0.4, -0.2) is 166 Å². The van der Waals surface area contributed by atoms with Crippen molar-refractivity contribution in [2.45, 2.75) is 205 Å². The van der Waals surface area contributed by atoms with Crippen molar-refractivity contribution in [3.8, 4) is 0 Å². The van der Waals surface area contributed by atoms with Crippen LogP contribution in [0.25, 0.3) is 0 Å². The molecule has 484 valence electrons. The van der Waals surface area contributed by atoms with Gasteiger partial charge in [-0.3, -0.25) is 42.8 Å². The highest BCUT2D eigenvalue weighted by molar-refractivity contribution is 9.10. The zero-order valence-electron chi connectivity index (χ0n) is 51.9. The number of hydrogen-bond acceptors (Lipinski definition) is 17. The largest absolute Gasteiger partial charge is 0.446 e. The zero-order chi connectivity index (χ0) is 64.2. The Bertz CT molecular complexity index is 2870. The molecular formula is C60H90BrN7O17P2. The first-order valence-electron chi connectivity index (χ1n) is 30.5. The Labute approximate surface area is 519 Å². The SMILES string of the molecule is C=CC1CC1(NC(=O)[C@@H]1C[C@@H](N2C(=O)c3ccc(Br)cc3C2=O)CN1C(=O)[C@@H](NC(=O)OC1CCCC1)C(C)(C)C)P(=O)(OCC)OCC.C=CC1CC1(NC(=O)[C@@H]1C[C@H](O)CN1C(=O)[C@@H](NC(=O)OC1CCCC1)C(C)(C)C)P(=O)(OCC)OCC. The maximum absolute atomic E-state index is 14.5. The zero-order valence-corrected chi connectivity index (χ0v) is 55.3. The van der Waals surface area contributed by atoms with E-state index >= 15 is 0 Å². The number of aliphatic hydroxyl groups is 1. The molecule has 8 rings (SSSR count). The van der Waals surface area contributed by atoms with Gasteiger partial charge >= 0.3 is 27.4 Å². The maximum Gasteiger partial charge on any atom is 0.408 e. The van der Waals surface area contributed by atoms with Crippen molar-refractivity contribution < 1.29 is 80.2 Å². The Morgan fingerprint density at radius 2 is 1.05 bits per heavy atom. The summed E-state index contributed by atoms with van der Waals surface area (Å²) in [4.78, 5) is 113. The number of fused-ring (bicyclic) bond motifs is 1. The second-order valence-electron chi connectivity index (χ2n) is 25.6. The van der Waals surface area contributed by atoms with Gasteiger partial charge in [-0.05, 0) is 127 Å². The number of hydrogen-bond donors (Lipinski definition) is 5. The molecule has 87 heavy (non-hydrogen) atoms. The van der Waals surface area contributed by atoms with Crippen LogP contribution in [0.15, 0.2) is 48.0 Å². The van der Waals surface area contributed by atoms with E-state index in [4.69, 9.17) is 27.6 Å². The number of ether oxygens (including phenoxy) is 2. The minimum absolute atomic E-state index is 0.00334. The monoisotopic (exact) mass is 1320 g/mol. The Morgan fingerprint density at radius 3 is 1.43 bits per heavy atom. The predicted molar refractivity (Wildman–Crippen MR) is 325 cm³/mol. The Morgan fingerprint density at radius 1 is 0.655 bits per heavy atom. The summed E-state index contributed by atoms with van der Waals surface area (Å²) in [6.45, 7) is 25.3. The van der Waals surface area contributed by atoms with Crippen molar-refractivity contribution in [2.24, 2.45) is 22.7 Å². The van der Waals surface area contributed by atoms with Crippen molar-refractivity contribution in [2.75, 3.05) is 39.5 Å². The van der Waals surface area contributed by atoms with Crippen molar-refractivity contribution in [3.63, 3.8) is 0 Å². The average Bonchev–Trinajstić information content (AvgIpc) is 1.57. The molecular weight excluding hydrogens is 1230 g/mol. The first-order valence-corrected chi connectivity index (χ1v) is 34.4. The fraction of sp³-hybridized carbons (Fsp3) is 0.700. The Balaban J connectivity index is 0.000000257. The van der Waals surface area contributed by atoms with Gasteiger partial charge in [0, 0.05) is 35.8 Å². The van der Waals surface area contributed by atoms with Crippen LogP contribution in [0.2, 0.25) is 0 Å². The number of alkyl carbamates (subject to hydrolysis) is 2. The number of carbonyl (C=O) groups excluding carboxylic acids is 8. The third-order valence-corrected chi connectivity index (χ3v) is 23.4. The highest BCUT2D eigenvalue weighted by atomic mass is 79.9. The summed E-state index contributed by atoms with van der Waals surface area (Å²) < 4.78 is 61.9. The van der Waals surface area contributed by atoms with Crippen LogP contribution in [0.5, 0.6) is 0 Å². The summed E-state index contributed by atoms with van der Waals surface area (Å²) in [7, 11) is -7.66. The number of halogens is 1. The fourth-order valence-corrected chi connectivity index (χ4v) is 17.7. The molecule has 5 N–H and O–H groups in total. The van der Waals surface area contributed by atoms with Crippen LogP contribution in [0.3, 0.4) is 0 Å². The summed E-state index contributed by atoms with van der Waals surface area (Å²) in [6, 6.07) is -0.430. The van der Waals surface area contributed by atoms with Gasteiger partial charge in [-0.15, -0.1) is 13.2 Å². The molecule has 3 heterocycles. The summed E-state index contributed by atoms with van der Waals surface area (Å²) in [5.74, 6) is -4.13. The highest BCUT2D eigenvalue weighted by Crippen LogP contribution is 2.74. The van der Waals surface area contributed by atoms with E-state index in [0.717, 1.165) is 56.3 Å². The molecule has 24 nitrogen and oxygen atoms in total. The van der Waals surface area contributed by atoms with E-state index in [1.165, 1.54) is 9.80 Å². The van der Waals surface area contributed by atoms with Crippen LogP contribution >= 0.6 is 31.1 Å². The van der Waals surface area contributed by atoms with Crippen LogP contribution < -0.4 is 21.3 Å². The maximum atomic E-state index is 14.5. The topological polar surface area (TPSA) is 304 Å². The van der Waals surface area contributed by atoms with Gasteiger partial charge in [0.15, 0.2) is 0 Å². The molecule has 27 heteroatoms. The lowest BCUT2D eigenvalue weighted by molar-refractivity contribution is -0.142. The van der Waals surface area contributed by atoms with Gasteiger partial charge in [0.05, 0.1) is 49.7 Å². The van der Waals surface area contributed by atoms with Gasteiger partial charge in [-0.25, -0.2) is 9.59 Å². The molecule has 0 aromatic heterocycles. The molecule has 7 aliphatic rings. The number of benzene rings is 1. The fourth-order valence-electron chi connectivity index (χ4n) is 12.6. The second kappa shape index (κ2) is 28.0. The number of imide groups is 1. The lowest BCUT2D eigenvalue weighted by atomic mass is 9.85. The summed E-state index contributed by atoms with van der Waals surface area (Å²) in [6.07, 6.45) is 7.90. The minimum atomic E-state index is -3.90. The van der Waals surface area contributed by atoms with Crippen molar-refractivity contribution >= 4 is 78.8 Å². The molecule has 10 atom stereocenters. The number of nitrogens with one attached hydrogen (secondary N) is 4. The Hall–Kier alpha value is -5.00. The Kier molecular flexibility index (Phi) is 22.4. The highest BCUT2D eigenvalue weighted by Gasteiger charge is 2.70. The molecule has 4 saturated carbocycles. The van der Waals surface area contributed by atoms with Crippen molar-refractivity contribution in [1.29, 1.82) is 0 Å². The molecule has 2 saturated heterocycles. The second-order valence-corrected chi connectivity index (χ2v) is 31.1. The number of rotatable bonds is 23. The van der Waals surface area contributed by atoms with Crippen LogP contribution in [0, 0.1) is 22.7 Å². The lowest BCUT2D eigenvalue weighted by Gasteiger charge is -2.36. The average molecular weight is 1320 g/mol. The van der Waals surface area contributed by atoms with Gasteiger partial charge < -0.3 is 63.7 Å². The first-order chi connectivity index (χ1) is 40.9. The van der Waals surface area contributed by atoms with Crippen LogP contribution in [0.4, 0.5) is 9.59 Å². The number of β-amino-alcohol motifs (C(OH)–C–C–N with tert-alkyl or cyclic N) is 1. The first kappa shape index (κ1) is 69.5. The van der Waals surface area contributed by atoms with Gasteiger partial charge in [0.25, 0.3) is 11.8 Å². The molecule has 0 radical (unpaired) electrons. The van der Waals surface area contributed by atoms with Crippen LogP contribution in [-0.2, 0) is 55.9 Å². The van der Waals surface area contributed by atoms with E-state index in [2.05, 4.69) is 50.4 Å². The van der Waals surface area contributed by atoms with E-state index in [0.29, 0.717) is 10.9 Å². The number of amides is 8. The number of aliphatic hydroxyl groups excluding tert-OH is 1. The van der Waals surface area contributed by atoms with E-state index in [9.17, 15) is 52.6 Å². The molecule has 1 aromatic carbocycles. The van der Waals surface area contributed by atoms with E-state index in [1.54, 1.807) is 99.6 Å². The number of likely N-dealkylation sites (tertiary alicyclic amines) is 2. The van der Waals surface area contributed by atoms with E-state index in [-0.39, 0.29) is 88.0 Å². The molecule has 3 aliphatic heterocycles. The lowest BCUT2D eigenvalue weighted by Crippen LogP contribution is -2.58. The molecule has 0 bridgehead atoms. The predicted octanol–water partition coefficient (Wildman–Crippen LogP) is 8.70. The van der Waals surface area contributed by atoms with Gasteiger partial charge in [-0.2, -0.15) is 0 Å². The van der Waals surface area contributed by atoms with E-state index in [1.807, 2.05) is 0 Å². The van der Waals surface area contributed by atoms with E-state index < -0.39 is 126 Å².